The molecule has 1 aromatic heterocycles. The van der Waals surface area contributed by atoms with Crippen LogP contribution in [-0.2, 0) is 6.42 Å². The van der Waals surface area contributed by atoms with Crippen LogP contribution in [0.25, 0.3) is 0 Å². The fourth-order valence-electron chi connectivity index (χ4n) is 2.14. The van der Waals surface area contributed by atoms with Gasteiger partial charge in [0.2, 0.25) is 0 Å². The molecule has 0 spiro atoms. The van der Waals surface area contributed by atoms with Crippen LogP contribution in [0.4, 0.5) is 4.39 Å². The highest BCUT2D eigenvalue weighted by molar-refractivity contribution is 5.31. The zero-order valence-electron chi connectivity index (χ0n) is 12.0. The number of nitrogens with zero attached hydrogens (tertiary/aromatic N) is 1. The zero-order chi connectivity index (χ0) is 14.5. The molecule has 0 saturated carbocycles. The predicted molar refractivity (Wildman–Crippen MR) is 77.4 cm³/mol. The second-order valence-corrected chi connectivity index (χ2v) is 4.75. The topological polar surface area (TPSA) is 34.1 Å². The third-order valence-corrected chi connectivity index (χ3v) is 3.34. The van der Waals surface area contributed by atoms with Gasteiger partial charge in [-0.1, -0.05) is 12.1 Å². The number of methoxy groups -OCH3 is 1. The molecule has 106 valence electrons. The first-order valence-electron chi connectivity index (χ1n) is 6.56. The van der Waals surface area contributed by atoms with E-state index in [1.807, 2.05) is 38.4 Å². The maximum atomic E-state index is 13.7. The molecule has 0 bridgehead atoms. The van der Waals surface area contributed by atoms with Crippen molar-refractivity contribution in [3.05, 3.63) is 59.2 Å². The van der Waals surface area contributed by atoms with E-state index in [1.54, 1.807) is 6.07 Å². The third kappa shape index (κ3) is 3.33. The lowest BCUT2D eigenvalue weighted by Crippen LogP contribution is -2.19. The van der Waals surface area contributed by atoms with Gasteiger partial charge in [-0.25, -0.2) is 4.39 Å². The highest BCUT2D eigenvalue weighted by Crippen LogP contribution is 2.22. The van der Waals surface area contributed by atoms with Crippen molar-refractivity contribution in [1.29, 1.82) is 0 Å². The van der Waals surface area contributed by atoms with Crippen molar-refractivity contribution in [3.63, 3.8) is 0 Å². The highest BCUT2D eigenvalue weighted by Gasteiger charge is 2.12. The molecule has 1 atom stereocenters. The van der Waals surface area contributed by atoms with Gasteiger partial charge >= 0.3 is 0 Å². The van der Waals surface area contributed by atoms with E-state index < -0.39 is 0 Å². The van der Waals surface area contributed by atoms with Gasteiger partial charge in [-0.2, -0.15) is 0 Å². The molecule has 20 heavy (non-hydrogen) atoms. The molecule has 1 N–H and O–H groups in total. The second-order valence-electron chi connectivity index (χ2n) is 4.75. The fraction of sp³-hybridized carbons (Fsp3) is 0.312. The summed E-state index contributed by atoms with van der Waals surface area (Å²) in [6.45, 7) is 1.96. The smallest absolute Gasteiger partial charge is 0.165 e. The van der Waals surface area contributed by atoms with E-state index in [-0.39, 0.29) is 17.6 Å². The van der Waals surface area contributed by atoms with Crippen molar-refractivity contribution in [2.45, 2.75) is 19.4 Å². The SMILES string of the molecule is CNC(Cc1ccc(OC)c(F)c1)c1ccc(C)nc1. The molecule has 2 rings (SSSR count). The Morgan fingerprint density at radius 3 is 2.65 bits per heavy atom. The van der Waals surface area contributed by atoms with Gasteiger partial charge in [-0.05, 0) is 49.7 Å². The molecule has 0 radical (unpaired) electrons. The Morgan fingerprint density at radius 1 is 1.30 bits per heavy atom. The monoisotopic (exact) mass is 274 g/mol. The van der Waals surface area contributed by atoms with Crippen LogP contribution in [0.3, 0.4) is 0 Å². The number of likely N-dealkylation sites (N-methyl/N-ethyl adjacent to an activating group) is 1. The lowest BCUT2D eigenvalue weighted by atomic mass is 10.00. The molecule has 0 aliphatic rings. The standard InChI is InChI=1S/C16H19FN2O/c1-11-4-6-13(10-19-11)15(18-2)9-12-5-7-16(20-3)14(17)8-12/h4-8,10,15,18H,9H2,1-3H3. The molecule has 1 heterocycles. The van der Waals surface area contributed by atoms with Crippen molar-refractivity contribution in [2.75, 3.05) is 14.2 Å². The molecule has 3 nitrogen and oxygen atoms in total. The molecular weight excluding hydrogens is 255 g/mol. The number of rotatable bonds is 5. The average Bonchev–Trinajstić information content (AvgIpc) is 2.46. The summed E-state index contributed by atoms with van der Waals surface area (Å²) >= 11 is 0. The number of halogens is 1. The van der Waals surface area contributed by atoms with Crippen molar-refractivity contribution >= 4 is 0 Å². The molecule has 2 aromatic rings. The number of benzene rings is 1. The first kappa shape index (κ1) is 14.5. The Labute approximate surface area is 118 Å². The van der Waals surface area contributed by atoms with Gasteiger partial charge in [-0.3, -0.25) is 4.98 Å². The molecule has 0 aliphatic carbocycles. The molecule has 0 amide bonds. The normalized spacial score (nSPS) is 12.2. The summed E-state index contributed by atoms with van der Waals surface area (Å²) < 4.78 is 18.6. The largest absolute Gasteiger partial charge is 0.494 e. The quantitative estimate of drug-likeness (QED) is 0.910. The van der Waals surface area contributed by atoms with Gasteiger partial charge in [0, 0.05) is 17.9 Å². The number of pyridine rings is 1. The minimum absolute atomic E-state index is 0.107. The van der Waals surface area contributed by atoms with Gasteiger partial charge in [0.1, 0.15) is 0 Å². The molecular formula is C16H19FN2O. The lowest BCUT2D eigenvalue weighted by Gasteiger charge is -2.17. The number of nitrogens with one attached hydrogen (secondary N) is 1. The molecule has 4 heteroatoms. The lowest BCUT2D eigenvalue weighted by molar-refractivity contribution is 0.386. The zero-order valence-corrected chi connectivity index (χ0v) is 12.0. The fourth-order valence-corrected chi connectivity index (χ4v) is 2.14. The van der Waals surface area contributed by atoms with Crippen molar-refractivity contribution in [3.8, 4) is 5.75 Å². The maximum absolute atomic E-state index is 13.7. The van der Waals surface area contributed by atoms with Crippen LogP contribution in [0.15, 0.2) is 36.5 Å². The summed E-state index contributed by atoms with van der Waals surface area (Å²) in [5.41, 5.74) is 3.00. The first-order valence-corrected chi connectivity index (χ1v) is 6.56. The summed E-state index contributed by atoms with van der Waals surface area (Å²) in [5, 5.41) is 3.24. The van der Waals surface area contributed by atoms with Crippen LogP contribution in [0.1, 0.15) is 22.9 Å². The second kappa shape index (κ2) is 6.48. The number of hydrogen-bond acceptors (Lipinski definition) is 3. The first-order chi connectivity index (χ1) is 9.63. The van der Waals surface area contributed by atoms with Crippen LogP contribution >= 0.6 is 0 Å². The van der Waals surface area contributed by atoms with Gasteiger partial charge < -0.3 is 10.1 Å². The summed E-state index contributed by atoms with van der Waals surface area (Å²) in [5.74, 6) is -0.0614. The Bertz CT molecular complexity index is 569. The van der Waals surface area contributed by atoms with Crippen LogP contribution in [0.2, 0.25) is 0 Å². The summed E-state index contributed by atoms with van der Waals surface area (Å²) in [7, 11) is 3.36. The van der Waals surface area contributed by atoms with Crippen LogP contribution in [0.5, 0.6) is 5.75 Å². The summed E-state index contributed by atoms with van der Waals surface area (Å²) in [6, 6.07) is 9.19. The highest BCUT2D eigenvalue weighted by atomic mass is 19.1. The Hall–Kier alpha value is -1.94. The minimum Gasteiger partial charge on any atom is -0.494 e. The number of aryl methyl sites for hydroxylation is 1. The molecule has 1 unspecified atom stereocenters. The van der Waals surface area contributed by atoms with Gasteiger partial charge in [0.15, 0.2) is 11.6 Å². The Morgan fingerprint density at radius 2 is 2.10 bits per heavy atom. The van der Waals surface area contributed by atoms with Crippen LogP contribution in [-0.4, -0.2) is 19.1 Å². The van der Waals surface area contributed by atoms with E-state index in [2.05, 4.69) is 10.3 Å². The number of hydrogen-bond donors (Lipinski definition) is 1. The van der Waals surface area contributed by atoms with Gasteiger partial charge in [0.25, 0.3) is 0 Å². The van der Waals surface area contributed by atoms with Crippen LogP contribution in [0, 0.1) is 12.7 Å². The Kier molecular flexibility index (Phi) is 4.69. The van der Waals surface area contributed by atoms with Crippen molar-refractivity contribution in [1.82, 2.24) is 10.3 Å². The summed E-state index contributed by atoms with van der Waals surface area (Å²) in [4.78, 5) is 4.30. The Balaban J connectivity index is 2.17. The van der Waals surface area contributed by atoms with E-state index in [0.29, 0.717) is 6.42 Å². The third-order valence-electron chi connectivity index (χ3n) is 3.34. The van der Waals surface area contributed by atoms with E-state index in [0.717, 1.165) is 16.8 Å². The van der Waals surface area contributed by atoms with Crippen molar-refractivity contribution in [2.24, 2.45) is 0 Å². The van der Waals surface area contributed by atoms with Gasteiger partial charge in [-0.15, -0.1) is 0 Å². The van der Waals surface area contributed by atoms with Gasteiger partial charge in [0.05, 0.1) is 7.11 Å². The maximum Gasteiger partial charge on any atom is 0.165 e. The predicted octanol–water partition coefficient (Wildman–Crippen LogP) is 3.04. The number of ether oxygens (including phenoxy) is 1. The molecule has 0 fully saturated rings. The van der Waals surface area contributed by atoms with E-state index >= 15 is 0 Å². The molecule has 0 aliphatic heterocycles. The summed E-state index contributed by atoms with van der Waals surface area (Å²) in [6.07, 6.45) is 2.55. The van der Waals surface area contributed by atoms with Crippen LogP contribution < -0.4 is 10.1 Å². The van der Waals surface area contributed by atoms with E-state index in [4.69, 9.17) is 4.74 Å². The number of aromatic nitrogens is 1. The minimum atomic E-state index is -0.332. The average molecular weight is 274 g/mol. The van der Waals surface area contributed by atoms with E-state index in [9.17, 15) is 4.39 Å². The molecule has 1 aromatic carbocycles. The van der Waals surface area contributed by atoms with Crippen molar-refractivity contribution < 1.29 is 9.13 Å². The molecule has 0 saturated heterocycles. The van der Waals surface area contributed by atoms with E-state index in [1.165, 1.54) is 13.2 Å².